The maximum atomic E-state index is 13.6. The first kappa shape index (κ1) is 39.3. The number of ketones is 1. The van der Waals surface area contributed by atoms with Crippen LogP contribution >= 0.6 is 0 Å². The predicted octanol–water partition coefficient (Wildman–Crippen LogP) is 7.49. The number of Topliss-reactive ketones (excluding diaryl/α,β-unsaturated/α-hetero) is 1. The van der Waals surface area contributed by atoms with Crippen molar-refractivity contribution in [1.82, 2.24) is 10.6 Å². The second kappa shape index (κ2) is 18.7. The standard InChI is InChI=1S/C40H53N3O7Si/c1-27(2)37(43-40(48)49-22-23-51(3,4)5)36(45)24-29(38(46)42-30-19-17-28(25-44)18-20-30)12-10-11-21-41-39(47)50-26-35-33-15-8-6-13-31(33)32-14-7-9-16-34(32)35/h6-9,13-20,27,29,35,37,44H,10-12,21-26H2,1-5H3,(H,41,47)(H,42,46)(H,43,48)/t29-,37+/m1/s1. The van der Waals surface area contributed by atoms with Gasteiger partial charge in [-0.2, -0.15) is 0 Å². The van der Waals surface area contributed by atoms with Crippen molar-refractivity contribution >= 4 is 37.6 Å². The first-order valence-corrected chi connectivity index (χ1v) is 21.6. The number of amides is 3. The highest BCUT2D eigenvalue weighted by molar-refractivity contribution is 6.76. The van der Waals surface area contributed by atoms with Crippen molar-refractivity contribution in [2.75, 3.05) is 25.1 Å². The van der Waals surface area contributed by atoms with Crippen molar-refractivity contribution in [1.29, 1.82) is 0 Å². The van der Waals surface area contributed by atoms with Gasteiger partial charge in [-0.15, -0.1) is 0 Å². The molecule has 3 aromatic carbocycles. The number of aliphatic hydroxyl groups is 1. The summed E-state index contributed by atoms with van der Waals surface area (Å²) in [5.74, 6) is -1.48. The molecule has 2 atom stereocenters. The van der Waals surface area contributed by atoms with Gasteiger partial charge in [-0.3, -0.25) is 9.59 Å². The van der Waals surface area contributed by atoms with E-state index >= 15 is 0 Å². The second-order valence-electron chi connectivity index (χ2n) is 14.8. The van der Waals surface area contributed by atoms with Gasteiger partial charge >= 0.3 is 12.2 Å². The second-order valence-corrected chi connectivity index (χ2v) is 20.4. The number of ether oxygens (including phenoxy) is 2. The third-order valence-corrected chi connectivity index (χ3v) is 10.9. The minimum atomic E-state index is -1.40. The van der Waals surface area contributed by atoms with Crippen molar-refractivity contribution < 1.29 is 33.8 Å². The van der Waals surface area contributed by atoms with Gasteiger partial charge in [0.05, 0.1) is 19.3 Å². The average molecular weight is 716 g/mol. The lowest BCUT2D eigenvalue weighted by atomic mass is 9.89. The van der Waals surface area contributed by atoms with Gasteiger partial charge in [-0.25, -0.2) is 9.59 Å². The highest BCUT2D eigenvalue weighted by Gasteiger charge is 2.31. The molecule has 0 radical (unpaired) electrons. The van der Waals surface area contributed by atoms with E-state index in [1.165, 1.54) is 0 Å². The molecule has 3 aromatic rings. The Morgan fingerprint density at radius 3 is 2.04 bits per heavy atom. The first-order valence-electron chi connectivity index (χ1n) is 17.9. The zero-order chi connectivity index (χ0) is 37.0. The molecule has 0 heterocycles. The Labute approximate surface area is 302 Å². The molecular weight excluding hydrogens is 663 g/mol. The van der Waals surface area contributed by atoms with E-state index in [0.29, 0.717) is 43.7 Å². The lowest BCUT2D eigenvalue weighted by Crippen LogP contribution is -2.46. The van der Waals surface area contributed by atoms with Crippen LogP contribution in [0.2, 0.25) is 25.7 Å². The third-order valence-electron chi connectivity index (χ3n) is 9.19. The van der Waals surface area contributed by atoms with Crippen LogP contribution < -0.4 is 16.0 Å². The fraction of sp³-hybridized carbons (Fsp3) is 0.450. The molecule has 0 bridgehead atoms. The molecule has 0 unspecified atom stereocenters. The summed E-state index contributed by atoms with van der Waals surface area (Å²) in [6.45, 7) is 11.0. The molecular formula is C40H53N3O7Si. The number of nitrogens with one attached hydrogen (secondary N) is 3. The molecule has 0 aliphatic heterocycles. The number of benzene rings is 3. The molecule has 4 rings (SSSR count). The molecule has 4 N–H and O–H groups in total. The van der Waals surface area contributed by atoms with Crippen molar-refractivity contribution in [2.45, 2.75) is 83.8 Å². The van der Waals surface area contributed by atoms with Crippen molar-refractivity contribution in [3.63, 3.8) is 0 Å². The molecule has 0 saturated carbocycles. The zero-order valence-corrected chi connectivity index (χ0v) is 31.5. The molecule has 0 spiro atoms. The number of anilines is 1. The SMILES string of the molecule is CC(C)[C@H](NC(=O)OCC[Si](C)(C)C)C(=O)C[C@@H](CCCCNC(=O)OCC1c2ccccc2-c2ccccc21)C(=O)Nc1ccc(CO)cc1. The van der Waals surface area contributed by atoms with Crippen molar-refractivity contribution in [3.05, 3.63) is 89.5 Å². The number of carbonyl (C=O) groups excluding carboxylic acids is 4. The Bertz CT molecular complexity index is 1590. The number of unbranched alkanes of at least 4 members (excludes halogenated alkanes) is 1. The summed E-state index contributed by atoms with van der Waals surface area (Å²) in [5.41, 5.74) is 5.87. The van der Waals surface area contributed by atoms with Gasteiger partial charge in [0.2, 0.25) is 5.91 Å². The van der Waals surface area contributed by atoms with Crippen LogP contribution in [0.4, 0.5) is 15.3 Å². The lowest BCUT2D eigenvalue weighted by molar-refractivity contribution is -0.128. The Morgan fingerprint density at radius 1 is 0.824 bits per heavy atom. The van der Waals surface area contributed by atoms with Crippen LogP contribution in [0.25, 0.3) is 11.1 Å². The Kier molecular flexibility index (Phi) is 14.4. The van der Waals surface area contributed by atoms with Gasteiger partial charge in [0.1, 0.15) is 6.61 Å². The highest BCUT2D eigenvalue weighted by Crippen LogP contribution is 2.44. The minimum absolute atomic E-state index is 0.0315. The van der Waals surface area contributed by atoms with Crippen LogP contribution in [0, 0.1) is 11.8 Å². The molecule has 0 fully saturated rings. The smallest absolute Gasteiger partial charge is 0.407 e. The molecule has 274 valence electrons. The average Bonchev–Trinajstić information content (AvgIpc) is 3.42. The third kappa shape index (κ3) is 11.8. The highest BCUT2D eigenvalue weighted by atomic mass is 28.3. The Morgan fingerprint density at radius 2 is 1.45 bits per heavy atom. The number of fused-ring (bicyclic) bond motifs is 3. The lowest BCUT2D eigenvalue weighted by Gasteiger charge is -2.24. The molecule has 1 aliphatic carbocycles. The summed E-state index contributed by atoms with van der Waals surface area (Å²) >= 11 is 0. The van der Waals surface area contributed by atoms with Crippen LogP contribution in [-0.4, -0.2) is 62.9 Å². The van der Waals surface area contributed by atoms with E-state index in [-0.39, 0.29) is 43.2 Å². The maximum Gasteiger partial charge on any atom is 0.407 e. The van der Waals surface area contributed by atoms with E-state index < -0.39 is 32.2 Å². The van der Waals surface area contributed by atoms with E-state index in [4.69, 9.17) is 9.47 Å². The number of rotatable bonds is 18. The molecule has 0 saturated heterocycles. The van der Waals surface area contributed by atoms with Crippen molar-refractivity contribution in [3.8, 4) is 11.1 Å². The van der Waals surface area contributed by atoms with Gasteiger partial charge in [-0.05, 0) is 64.8 Å². The first-order chi connectivity index (χ1) is 24.4. The number of aliphatic hydroxyl groups excluding tert-OH is 1. The summed E-state index contributed by atoms with van der Waals surface area (Å²) in [4.78, 5) is 52.3. The summed E-state index contributed by atoms with van der Waals surface area (Å²) in [6, 6.07) is 23.2. The Balaban J connectivity index is 1.30. The fourth-order valence-corrected chi connectivity index (χ4v) is 6.94. The van der Waals surface area contributed by atoms with E-state index in [1.807, 2.05) is 38.1 Å². The summed E-state index contributed by atoms with van der Waals surface area (Å²) in [5, 5.41) is 17.8. The quantitative estimate of drug-likeness (QED) is 0.0790. The van der Waals surface area contributed by atoms with E-state index in [0.717, 1.165) is 28.3 Å². The minimum Gasteiger partial charge on any atom is -0.450 e. The summed E-state index contributed by atoms with van der Waals surface area (Å²) in [7, 11) is -1.40. The van der Waals surface area contributed by atoms with E-state index in [9.17, 15) is 24.3 Å². The monoisotopic (exact) mass is 715 g/mol. The molecule has 51 heavy (non-hydrogen) atoms. The van der Waals surface area contributed by atoms with Crippen LogP contribution in [-0.2, 0) is 25.7 Å². The normalized spacial score (nSPS) is 13.5. The van der Waals surface area contributed by atoms with Crippen LogP contribution in [0.1, 0.15) is 62.1 Å². The topological polar surface area (TPSA) is 143 Å². The van der Waals surface area contributed by atoms with Crippen molar-refractivity contribution in [2.24, 2.45) is 11.8 Å². The van der Waals surface area contributed by atoms with Gasteiger partial charge in [0.15, 0.2) is 5.78 Å². The largest absolute Gasteiger partial charge is 0.450 e. The molecule has 1 aliphatic rings. The number of hydrogen-bond acceptors (Lipinski definition) is 7. The maximum absolute atomic E-state index is 13.6. The van der Waals surface area contributed by atoms with E-state index in [2.05, 4.69) is 59.9 Å². The van der Waals surface area contributed by atoms with Gasteiger partial charge in [0, 0.05) is 38.6 Å². The van der Waals surface area contributed by atoms with E-state index in [1.54, 1.807) is 24.3 Å². The molecule has 10 nitrogen and oxygen atoms in total. The zero-order valence-electron chi connectivity index (χ0n) is 30.5. The van der Waals surface area contributed by atoms with Crippen LogP contribution in [0.5, 0.6) is 0 Å². The number of hydrogen-bond donors (Lipinski definition) is 4. The molecule has 3 amide bonds. The van der Waals surface area contributed by atoms with Gasteiger partial charge in [0.25, 0.3) is 0 Å². The number of carbonyl (C=O) groups is 4. The van der Waals surface area contributed by atoms with Gasteiger partial charge in [-0.1, -0.05) is 101 Å². The number of alkyl carbamates (subject to hydrolysis) is 2. The summed E-state index contributed by atoms with van der Waals surface area (Å²) in [6.07, 6.45) is 0.321. The fourth-order valence-electron chi connectivity index (χ4n) is 6.23. The van der Waals surface area contributed by atoms with Crippen LogP contribution in [0.15, 0.2) is 72.8 Å². The molecule has 11 heteroatoms. The van der Waals surface area contributed by atoms with Crippen LogP contribution in [0.3, 0.4) is 0 Å². The Hall–Kier alpha value is -4.48. The van der Waals surface area contributed by atoms with Gasteiger partial charge < -0.3 is 30.5 Å². The summed E-state index contributed by atoms with van der Waals surface area (Å²) < 4.78 is 11.0. The predicted molar refractivity (Wildman–Crippen MR) is 202 cm³/mol. The molecule has 0 aromatic heterocycles.